The number of ether oxygens (including phenoxy) is 1. The van der Waals surface area contributed by atoms with Crippen LogP contribution in [0.1, 0.15) is 18.5 Å². The first kappa shape index (κ1) is 20.5. The van der Waals surface area contributed by atoms with E-state index < -0.39 is 34.0 Å². The summed E-state index contributed by atoms with van der Waals surface area (Å²) >= 11 is 0. The number of rotatable bonds is 4. The van der Waals surface area contributed by atoms with Crippen LogP contribution in [0.3, 0.4) is 0 Å². The lowest BCUT2D eigenvalue weighted by Gasteiger charge is -2.31. The maximum atomic E-state index is 13.1. The Labute approximate surface area is 171 Å². The average Bonchev–Trinajstić information content (AvgIpc) is 2.73. The number of sulfonamides is 1. The van der Waals surface area contributed by atoms with Gasteiger partial charge in [-0.2, -0.15) is 22.5 Å². The molecule has 30 heavy (non-hydrogen) atoms. The molecule has 1 atom stereocenters. The number of hydrogen-bond donors (Lipinski definition) is 0. The fourth-order valence-electron chi connectivity index (χ4n) is 3.40. The van der Waals surface area contributed by atoms with Crippen LogP contribution in [0.4, 0.5) is 13.2 Å². The standard InChI is InChI=1S/C20H18F3N3O3S/c21-20(22,23)18-9-10-24-19(25-18)29-16-6-3-11-26(13-16)30(27,28)17-8-7-14-4-1-2-5-15(14)12-17/h1-2,4-5,7-10,12,16H,3,6,11,13H2. The van der Waals surface area contributed by atoms with Crippen LogP contribution in [-0.2, 0) is 16.2 Å². The van der Waals surface area contributed by atoms with E-state index in [1.807, 2.05) is 24.3 Å². The molecular formula is C20H18F3N3O3S. The molecule has 1 aromatic heterocycles. The van der Waals surface area contributed by atoms with Crippen molar-refractivity contribution in [1.29, 1.82) is 0 Å². The van der Waals surface area contributed by atoms with E-state index >= 15 is 0 Å². The van der Waals surface area contributed by atoms with E-state index in [2.05, 4.69) is 9.97 Å². The van der Waals surface area contributed by atoms with E-state index in [0.29, 0.717) is 19.4 Å². The molecule has 1 saturated heterocycles. The first-order valence-corrected chi connectivity index (χ1v) is 10.7. The number of piperidine rings is 1. The van der Waals surface area contributed by atoms with Gasteiger partial charge >= 0.3 is 12.2 Å². The Hall–Kier alpha value is -2.72. The van der Waals surface area contributed by atoms with Crippen molar-refractivity contribution >= 4 is 20.8 Å². The zero-order valence-corrected chi connectivity index (χ0v) is 16.5. The van der Waals surface area contributed by atoms with Crippen LogP contribution < -0.4 is 4.74 Å². The summed E-state index contributed by atoms with van der Waals surface area (Å²) in [6.45, 7) is 0.313. The Balaban J connectivity index is 1.53. The first-order chi connectivity index (χ1) is 14.2. The van der Waals surface area contributed by atoms with E-state index in [1.54, 1.807) is 18.2 Å². The summed E-state index contributed by atoms with van der Waals surface area (Å²) in [5.41, 5.74) is -1.11. The molecule has 1 unspecified atom stereocenters. The zero-order valence-electron chi connectivity index (χ0n) is 15.7. The van der Waals surface area contributed by atoms with Crippen LogP contribution in [0.25, 0.3) is 10.8 Å². The van der Waals surface area contributed by atoms with E-state index in [-0.39, 0.29) is 11.4 Å². The largest absolute Gasteiger partial charge is 0.459 e. The Morgan fingerprint density at radius 3 is 2.60 bits per heavy atom. The van der Waals surface area contributed by atoms with Gasteiger partial charge in [0.1, 0.15) is 6.10 Å². The molecule has 1 aliphatic rings. The first-order valence-electron chi connectivity index (χ1n) is 9.29. The van der Waals surface area contributed by atoms with Crippen molar-refractivity contribution in [3.63, 3.8) is 0 Å². The summed E-state index contributed by atoms with van der Waals surface area (Å²) in [6, 6.07) is 12.7. The molecule has 0 spiro atoms. The van der Waals surface area contributed by atoms with Crippen LogP contribution >= 0.6 is 0 Å². The molecule has 0 bridgehead atoms. The van der Waals surface area contributed by atoms with Gasteiger partial charge in [-0.3, -0.25) is 0 Å². The zero-order chi connectivity index (χ0) is 21.4. The van der Waals surface area contributed by atoms with Crippen molar-refractivity contribution in [2.45, 2.75) is 30.0 Å². The van der Waals surface area contributed by atoms with Gasteiger partial charge in [-0.05, 0) is 41.8 Å². The second-order valence-electron chi connectivity index (χ2n) is 6.98. The van der Waals surface area contributed by atoms with Crippen molar-refractivity contribution in [2.24, 2.45) is 0 Å². The molecule has 2 aromatic carbocycles. The van der Waals surface area contributed by atoms with E-state index in [0.717, 1.165) is 23.0 Å². The summed E-state index contributed by atoms with van der Waals surface area (Å²) < 4.78 is 71.5. The number of aromatic nitrogens is 2. The van der Waals surface area contributed by atoms with Crippen LogP contribution in [0.5, 0.6) is 6.01 Å². The molecule has 10 heteroatoms. The fourth-order valence-corrected chi connectivity index (χ4v) is 4.95. The fraction of sp³-hybridized carbons (Fsp3) is 0.300. The quantitative estimate of drug-likeness (QED) is 0.620. The van der Waals surface area contributed by atoms with Gasteiger partial charge in [0.2, 0.25) is 10.0 Å². The molecule has 0 saturated carbocycles. The van der Waals surface area contributed by atoms with Crippen molar-refractivity contribution in [3.8, 4) is 6.01 Å². The molecule has 1 fully saturated rings. The van der Waals surface area contributed by atoms with Gasteiger partial charge in [0.25, 0.3) is 0 Å². The predicted molar refractivity (Wildman–Crippen MR) is 103 cm³/mol. The minimum atomic E-state index is -4.61. The number of halogens is 3. The van der Waals surface area contributed by atoms with Crippen molar-refractivity contribution < 1.29 is 26.3 Å². The normalized spacial score (nSPS) is 18.4. The highest BCUT2D eigenvalue weighted by Gasteiger charge is 2.34. The maximum absolute atomic E-state index is 13.1. The lowest BCUT2D eigenvalue weighted by Crippen LogP contribution is -2.44. The second-order valence-corrected chi connectivity index (χ2v) is 8.91. The third kappa shape index (κ3) is 4.24. The highest BCUT2D eigenvalue weighted by molar-refractivity contribution is 7.89. The van der Waals surface area contributed by atoms with Gasteiger partial charge in [-0.1, -0.05) is 30.3 Å². The van der Waals surface area contributed by atoms with E-state index in [9.17, 15) is 21.6 Å². The Bertz CT molecular complexity index is 1170. The summed E-state index contributed by atoms with van der Waals surface area (Å²) in [5.74, 6) is 0. The van der Waals surface area contributed by atoms with Crippen LogP contribution in [-0.4, -0.2) is 41.9 Å². The molecule has 0 aliphatic carbocycles. The summed E-state index contributed by atoms with van der Waals surface area (Å²) in [6.07, 6.45) is -3.28. The van der Waals surface area contributed by atoms with Crippen LogP contribution in [0, 0.1) is 0 Å². The molecule has 6 nitrogen and oxygen atoms in total. The monoisotopic (exact) mass is 437 g/mol. The summed E-state index contributed by atoms with van der Waals surface area (Å²) in [4.78, 5) is 7.28. The number of benzene rings is 2. The molecule has 0 radical (unpaired) electrons. The Morgan fingerprint density at radius 1 is 1.07 bits per heavy atom. The van der Waals surface area contributed by atoms with E-state index in [4.69, 9.17) is 4.74 Å². The Kier molecular flexibility index (Phi) is 5.37. The third-order valence-electron chi connectivity index (χ3n) is 4.90. The molecule has 3 aromatic rings. The van der Waals surface area contributed by atoms with Gasteiger partial charge in [-0.25, -0.2) is 13.4 Å². The smallest absolute Gasteiger partial charge is 0.433 e. The molecular weight excluding hydrogens is 419 g/mol. The summed E-state index contributed by atoms with van der Waals surface area (Å²) in [7, 11) is -3.78. The van der Waals surface area contributed by atoms with Gasteiger partial charge < -0.3 is 4.74 Å². The predicted octanol–water partition coefficient (Wildman–Crippen LogP) is 3.88. The van der Waals surface area contributed by atoms with Gasteiger partial charge in [0, 0.05) is 12.7 Å². The lowest BCUT2D eigenvalue weighted by atomic mass is 10.1. The van der Waals surface area contributed by atoms with E-state index in [1.165, 1.54) is 4.31 Å². The number of fused-ring (bicyclic) bond motifs is 1. The second kappa shape index (κ2) is 7.84. The highest BCUT2D eigenvalue weighted by Crippen LogP contribution is 2.29. The molecule has 1 aliphatic heterocycles. The molecule has 0 amide bonds. The van der Waals surface area contributed by atoms with Gasteiger partial charge in [0.15, 0.2) is 5.69 Å². The summed E-state index contributed by atoms with van der Waals surface area (Å²) in [5, 5.41) is 1.73. The minimum Gasteiger partial charge on any atom is -0.459 e. The minimum absolute atomic E-state index is 0.00870. The van der Waals surface area contributed by atoms with Crippen molar-refractivity contribution in [1.82, 2.24) is 14.3 Å². The maximum Gasteiger partial charge on any atom is 0.433 e. The molecule has 0 N–H and O–H groups in total. The topological polar surface area (TPSA) is 72.4 Å². The number of alkyl halides is 3. The Morgan fingerprint density at radius 2 is 1.83 bits per heavy atom. The van der Waals surface area contributed by atoms with Crippen molar-refractivity contribution in [3.05, 3.63) is 60.4 Å². The molecule has 2 heterocycles. The lowest BCUT2D eigenvalue weighted by molar-refractivity contribution is -0.141. The van der Waals surface area contributed by atoms with Crippen molar-refractivity contribution in [2.75, 3.05) is 13.1 Å². The molecule has 158 valence electrons. The number of hydrogen-bond acceptors (Lipinski definition) is 5. The van der Waals surface area contributed by atoms with Gasteiger partial charge in [0.05, 0.1) is 11.4 Å². The van der Waals surface area contributed by atoms with Crippen LogP contribution in [0.15, 0.2) is 59.6 Å². The van der Waals surface area contributed by atoms with Crippen LogP contribution in [0.2, 0.25) is 0 Å². The van der Waals surface area contributed by atoms with Gasteiger partial charge in [-0.15, -0.1) is 0 Å². The molecule has 4 rings (SSSR count). The SMILES string of the molecule is O=S(=O)(c1ccc2ccccc2c1)N1CCCC(Oc2nccc(C(F)(F)F)n2)C1. The average molecular weight is 437 g/mol. The number of nitrogens with zero attached hydrogens (tertiary/aromatic N) is 3. The highest BCUT2D eigenvalue weighted by atomic mass is 32.2. The third-order valence-corrected chi connectivity index (χ3v) is 6.76.